The van der Waals surface area contributed by atoms with E-state index in [2.05, 4.69) is 25.3 Å². The maximum Gasteiger partial charge on any atom is 0.276 e. The first-order chi connectivity index (χ1) is 16.2. The Morgan fingerprint density at radius 3 is 2.30 bits per heavy atom. The van der Waals surface area contributed by atoms with E-state index in [0.717, 1.165) is 28.5 Å². The second-order valence-electron chi connectivity index (χ2n) is 7.64. The molecule has 1 fully saturated rings. The molecule has 0 spiro atoms. The number of ether oxygens (including phenoxy) is 1. The predicted molar refractivity (Wildman–Crippen MR) is 123 cm³/mol. The SMILES string of the molecule is COc1ccc(-c2ccc(N3CCN(C(=O)c4cnn(-c5ccccc5)n4)CC3)nn2)cc1. The summed E-state index contributed by atoms with van der Waals surface area (Å²) in [5.74, 6) is 1.49. The van der Waals surface area contributed by atoms with Crippen molar-refractivity contribution in [2.45, 2.75) is 0 Å². The van der Waals surface area contributed by atoms with Crippen LogP contribution in [0.5, 0.6) is 5.75 Å². The molecule has 0 saturated carbocycles. The molecule has 1 aliphatic heterocycles. The zero-order chi connectivity index (χ0) is 22.6. The number of anilines is 1. The van der Waals surface area contributed by atoms with E-state index in [-0.39, 0.29) is 5.91 Å². The van der Waals surface area contributed by atoms with Gasteiger partial charge in [-0.25, -0.2) is 0 Å². The van der Waals surface area contributed by atoms with Gasteiger partial charge in [-0.3, -0.25) is 4.79 Å². The number of aromatic nitrogens is 5. The van der Waals surface area contributed by atoms with Crippen molar-refractivity contribution in [2.75, 3.05) is 38.2 Å². The lowest BCUT2D eigenvalue weighted by atomic mass is 10.1. The van der Waals surface area contributed by atoms with Gasteiger partial charge in [0.05, 0.1) is 24.7 Å². The first-order valence-electron chi connectivity index (χ1n) is 10.7. The van der Waals surface area contributed by atoms with Gasteiger partial charge in [-0.05, 0) is 48.5 Å². The van der Waals surface area contributed by atoms with Crippen molar-refractivity contribution < 1.29 is 9.53 Å². The summed E-state index contributed by atoms with van der Waals surface area (Å²) >= 11 is 0. The first-order valence-corrected chi connectivity index (χ1v) is 10.7. The molecule has 33 heavy (non-hydrogen) atoms. The minimum Gasteiger partial charge on any atom is -0.497 e. The molecule has 1 aliphatic rings. The highest BCUT2D eigenvalue weighted by Gasteiger charge is 2.25. The van der Waals surface area contributed by atoms with Gasteiger partial charge >= 0.3 is 0 Å². The molecule has 166 valence electrons. The van der Waals surface area contributed by atoms with Crippen molar-refractivity contribution >= 4 is 11.7 Å². The van der Waals surface area contributed by atoms with Crippen molar-refractivity contribution in [3.05, 3.63) is 78.6 Å². The minimum absolute atomic E-state index is 0.113. The number of hydrogen-bond acceptors (Lipinski definition) is 7. The number of piperazine rings is 1. The summed E-state index contributed by atoms with van der Waals surface area (Å²) in [7, 11) is 1.64. The molecule has 0 radical (unpaired) electrons. The van der Waals surface area contributed by atoms with Crippen LogP contribution in [0, 0.1) is 0 Å². The van der Waals surface area contributed by atoms with Crippen LogP contribution in [-0.4, -0.2) is 69.3 Å². The average molecular weight is 441 g/mol. The number of methoxy groups -OCH3 is 1. The lowest BCUT2D eigenvalue weighted by molar-refractivity contribution is 0.0740. The molecule has 0 aliphatic carbocycles. The lowest BCUT2D eigenvalue weighted by Gasteiger charge is -2.34. The van der Waals surface area contributed by atoms with Crippen LogP contribution in [-0.2, 0) is 0 Å². The van der Waals surface area contributed by atoms with Gasteiger partial charge in [-0.2, -0.15) is 9.90 Å². The van der Waals surface area contributed by atoms with Crippen LogP contribution in [0.2, 0.25) is 0 Å². The summed E-state index contributed by atoms with van der Waals surface area (Å²) in [5, 5.41) is 17.4. The topological polar surface area (TPSA) is 89.3 Å². The zero-order valence-corrected chi connectivity index (χ0v) is 18.2. The van der Waals surface area contributed by atoms with E-state index in [9.17, 15) is 4.79 Å². The molecule has 9 nitrogen and oxygen atoms in total. The predicted octanol–water partition coefficient (Wildman–Crippen LogP) is 2.70. The molecule has 2 aromatic carbocycles. The van der Waals surface area contributed by atoms with E-state index in [1.165, 1.54) is 11.0 Å². The van der Waals surface area contributed by atoms with Gasteiger partial charge < -0.3 is 14.5 Å². The van der Waals surface area contributed by atoms with Gasteiger partial charge in [-0.1, -0.05) is 18.2 Å². The second kappa shape index (κ2) is 9.07. The van der Waals surface area contributed by atoms with Gasteiger partial charge in [0.1, 0.15) is 5.75 Å². The Morgan fingerprint density at radius 2 is 1.64 bits per heavy atom. The fourth-order valence-electron chi connectivity index (χ4n) is 3.76. The maximum absolute atomic E-state index is 12.9. The van der Waals surface area contributed by atoms with Gasteiger partial charge in [0, 0.05) is 31.7 Å². The van der Waals surface area contributed by atoms with E-state index in [1.807, 2.05) is 66.7 Å². The number of hydrogen-bond donors (Lipinski definition) is 0. The molecule has 9 heteroatoms. The fourth-order valence-corrected chi connectivity index (χ4v) is 3.76. The number of carbonyl (C=O) groups excluding carboxylic acids is 1. The largest absolute Gasteiger partial charge is 0.497 e. The van der Waals surface area contributed by atoms with E-state index in [0.29, 0.717) is 31.9 Å². The Kier molecular flexibility index (Phi) is 5.67. The smallest absolute Gasteiger partial charge is 0.276 e. The van der Waals surface area contributed by atoms with Crippen molar-refractivity contribution in [3.8, 4) is 22.7 Å². The highest BCUT2D eigenvalue weighted by Crippen LogP contribution is 2.22. The number of carbonyl (C=O) groups is 1. The summed E-state index contributed by atoms with van der Waals surface area (Å²) in [5.41, 5.74) is 2.94. The third-order valence-corrected chi connectivity index (χ3v) is 5.63. The van der Waals surface area contributed by atoms with Gasteiger partial charge in [0.2, 0.25) is 0 Å². The summed E-state index contributed by atoms with van der Waals surface area (Å²) in [6.07, 6.45) is 1.52. The van der Waals surface area contributed by atoms with Crippen LogP contribution in [0.25, 0.3) is 16.9 Å². The van der Waals surface area contributed by atoms with Crippen LogP contribution < -0.4 is 9.64 Å². The number of benzene rings is 2. The van der Waals surface area contributed by atoms with E-state index in [1.54, 1.807) is 12.0 Å². The normalized spacial score (nSPS) is 13.7. The van der Waals surface area contributed by atoms with E-state index in [4.69, 9.17) is 4.74 Å². The molecule has 0 unspecified atom stereocenters. The molecule has 3 heterocycles. The molecule has 4 aromatic rings. The van der Waals surface area contributed by atoms with Crippen molar-refractivity contribution in [1.82, 2.24) is 30.1 Å². The van der Waals surface area contributed by atoms with Gasteiger partial charge in [0.25, 0.3) is 5.91 Å². The molecule has 1 saturated heterocycles. The van der Waals surface area contributed by atoms with Crippen LogP contribution in [0.15, 0.2) is 72.9 Å². The number of rotatable bonds is 5. The molecule has 1 amide bonds. The highest BCUT2D eigenvalue weighted by atomic mass is 16.5. The van der Waals surface area contributed by atoms with Crippen molar-refractivity contribution in [3.63, 3.8) is 0 Å². The monoisotopic (exact) mass is 441 g/mol. The Bertz CT molecular complexity index is 1220. The van der Waals surface area contributed by atoms with E-state index >= 15 is 0 Å². The lowest BCUT2D eigenvalue weighted by Crippen LogP contribution is -2.49. The highest BCUT2D eigenvalue weighted by molar-refractivity contribution is 5.92. The molecular weight excluding hydrogens is 418 g/mol. The van der Waals surface area contributed by atoms with Crippen LogP contribution in [0.1, 0.15) is 10.5 Å². The summed E-state index contributed by atoms with van der Waals surface area (Å²) in [6.45, 7) is 2.52. The Balaban J connectivity index is 1.20. The molecular formula is C24H23N7O2. The van der Waals surface area contributed by atoms with Gasteiger partial charge in [0.15, 0.2) is 11.5 Å². The summed E-state index contributed by atoms with van der Waals surface area (Å²) < 4.78 is 5.20. The Morgan fingerprint density at radius 1 is 0.879 bits per heavy atom. The van der Waals surface area contributed by atoms with Crippen LogP contribution >= 0.6 is 0 Å². The molecule has 0 bridgehead atoms. The van der Waals surface area contributed by atoms with E-state index < -0.39 is 0 Å². The summed E-state index contributed by atoms with van der Waals surface area (Å²) in [4.78, 5) is 18.3. The van der Waals surface area contributed by atoms with Crippen LogP contribution in [0.4, 0.5) is 5.82 Å². The molecule has 0 N–H and O–H groups in total. The van der Waals surface area contributed by atoms with Crippen molar-refractivity contribution in [2.24, 2.45) is 0 Å². The van der Waals surface area contributed by atoms with Crippen LogP contribution in [0.3, 0.4) is 0 Å². The molecule has 2 aromatic heterocycles. The molecule has 5 rings (SSSR count). The quantitative estimate of drug-likeness (QED) is 0.470. The third-order valence-electron chi connectivity index (χ3n) is 5.63. The second-order valence-corrected chi connectivity index (χ2v) is 7.64. The maximum atomic E-state index is 12.9. The number of nitrogens with zero attached hydrogens (tertiary/aromatic N) is 7. The number of para-hydroxylation sites is 1. The Hall–Kier alpha value is -4.27. The van der Waals surface area contributed by atoms with Crippen molar-refractivity contribution in [1.29, 1.82) is 0 Å². The standard InChI is InChI=1S/C24H23N7O2/c1-33-20-9-7-18(8-10-20)21-11-12-23(27-26-21)29-13-15-30(16-14-29)24(32)22-17-25-31(28-22)19-5-3-2-4-6-19/h2-12,17H,13-16H2,1H3. The van der Waals surface area contributed by atoms with Gasteiger partial charge in [-0.15, -0.1) is 15.3 Å². The zero-order valence-electron chi connectivity index (χ0n) is 18.2. The average Bonchev–Trinajstić information content (AvgIpc) is 3.40. The summed E-state index contributed by atoms with van der Waals surface area (Å²) in [6, 6.07) is 21.2. The minimum atomic E-state index is -0.113. The first kappa shape index (κ1) is 20.6. The Labute approximate surface area is 191 Å². The number of amides is 1. The molecule has 0 atom stereocenters. The fraction of sp³-hybridized carbons (Fsp3) is 0.208. The third kappa shape index (κ3) is 4.38.